The van der Waals surface area contributed by atoms with Gasteiger partial charge in [-0.3, -0.25) is 10.1 Å². The zero-order valence-electron chi connectivity index (χ0n) is 13.7. The molecule has 0 saturated carbocycles. The minimum Gasteiger partial charge on any atom is -0.504 e. The van der Waals surface area contributed by atoms with E-state index in [2.05, 4.69) is 27.7 Å². The van der Waals surface area contributed by atoms with Crippen molar-refractivity contribution < 1.29 is 19.6 Å². The van der Waals surface area contributed by atoms with E-state index in [1.807, 2.05) is 6.92 Å². The molecule has 0 aliphatic rings. The van der Waals surface area contributed by atoms with Gasteiger partial charge in [0.1, 0.15) is 6.61 Å². The van der Waals surface area contributed by atoms with Crippen LogP contribution in [0, 0.1) is 13.7 Å². The Labute approximate surface area is 158 Å². The Bertz CT molecular complexity index is 790. The van der Waals surface area contributed by atoms with Crippen LogP contribution >= 0.6 is 22.6 Å². The van der Waals surface area contributed by atoms with Gasteiger partial charge in [-0.2, -0.15) is 0 Å². The largest absolute Gasteiger partial charge is 0.504 e. The topological polar surface area (TPSA) is 94.2 Å². The summed E-state index contributed by atoms with van der Waals surface area (Å²) in [5.41, 5.74) is 2.26. The van der Waals surface area contributed by atoms with Gasteiger partial charge in [0.05, 0.1) is 17.7 Å². The van der Waals surface area contributed by atoms with Gasteiger partial charge in [0.2, 0.25) is 0 Å². The number of non-ortho nitro benzene ring substituents is 1. The number of ether oxygens (including phenoxy) is 1. The summed E-state index contributed by atoms with van der Waals surface area (Å²) in [6.45, 7) is 2.13. The SMILES string of the molecule is CCC(=NOCc1ccc([N+](=O)[O-])cc1)c1cc(O)c(OC)cc1I. The van der Waals surface area contributed by atoms with E-state index >= 15 is 0 Å². The first-order valence-electron chi connectivity index (χ1n) is 7.45. The molecule has 0 unspecified atom stereocenters. The number of phenols is 1. The van der Waals surface area contributed by atoms with Gasteiger partial charge >= 0.3 is 0 Å². The zero-order chi connectivity index (χ0) is 18.4. The molecule has 0 saturated heterocycles. The van der Waals surface area contributed by atoms with E-state index in [-0.39, 0.29) is 18.0 Å². The molecule has 1 N–H and O–H groups in total. The minimum absolute atomic E-state index is 0.0322. The number of benzene rings is 2. The van der Waals surface area contributed by atoms with Crippen LogP contribution in [0.25, 0.3) is 0 Å². The highest BCUT2D eigenvalue weighted by atomic mass is 127. The molecule has 8 heteroatoms. The first kappa shape index (κ1) is 19.0. The van der Waals surface area contributed by atoms with E-state index in [4.69, 9.17) is 9.57 Å². The lowest BCUT2D eigenvalue weighted by molar-refractivity contribution is -0.384. The molecule has 0 radical (unpaired) electrons. The van der Waals surface area contributed by atoms with Crippen LogP contribution in [0.15, 0.2) is 41.6 Å². The number of oxime groups is 1. The molecule has 0 amide bonds. The van der Waals surface area contributed by atoms with Gasteiger partial charge in [-0.1, -0.05) is 12.1 Å². The second-order valence-electron chi connectivity index (χ2n) is 5.09. The zero-order valence-corrected chi connectivity index (χ0v) is 15.9. The van der Waals surface area contributed by atoms with Crippen LogP contribution in [0.3, 0.4) is 0 Å². The standard InChI is InChI=1S/C17H17IN2O5/c1-3-15(13-8-16(21)17(24-2)9-14(13)18)19-25-10-11-4-6-12(7-5-11)20(22)23/h4-9,21H,3,10H2,1-2H3. The lowest BCUT2D eigenvalue weighted by Gasteiger charge is -2.10. The van der Waals surface area contributed by atoms with E-state index in [0.717, 1.165) is 14.7 Å². The maximum Gasteiger partial charge on any atom is 0.269 e. The number of aromatic hydroxyl groups is 1. The normalized spacial score (nSPS) is 11.2. The van der Waals surface area contributed by atoms with Crippen LogP contribution in [-0.2, 0) is 11.4 Å². The van der Waals surface area contributed by atoms with Gasteiger partial charge < -0.3 is 14.7 Å². The second kappa shape index (κ2) is 8.65. The average molecular weight is 456 g/mol. The first-order valence-corrected chi connectivity index (χ1v) is 8.53. The van der Waals surface area contributed by atoms with Crippen molar-refractivity contribution in [2.24, 2.45) is 5.16 Å². The van der Waals surface area contributed by atoms with Crippen LogP contribution in [0.4, 0.5) is 5.69 Å². The van der Waals surface area contributed by atoms with Crippen molar-refractivity contribution >= 4 is 34.0 Å². The van der Waals surface area contributed by atoms with Gasteiger partial charge in [0.25, 0.3) is 5.69 Å². The average Bonchev–Trinajstić information content (AvgIpc) is 2.61. The second-order valence-corrected chi connectivity index (χ2v) is 6.25. The van der Waals surface area contributed by atoms with Gasteiger partial charge in [0, 0.05) is 21.3 Å². The summed E-state index contributed by atoms with van der Waals surface area (Å²) in [6, 6.07) is 9.43. The number of nitro benzene ring substituents is 1. The molecule has 2 aromatic carbocycles. The number of phenolic OH excluding ortho intramolecular Hbond substituents is 1. The smallest absolute Gasteiger partial charge is 0.269 e. The van der Waals surface area contributed by atoms with Crippen molar-refractivity contribution in [3.05, 3.63) is 61.2 Å². The molecular formula is C17H17IN2O5. The third kappa shape index (κ3) is 4.81. The summed E-state index contributed by atoms with van der Waals surface area (Å²) >= 11 is 2.15. The summed E-state index contributed by atoms with van der Waals surface area (Å²) < 4.78 is 5.97. The lowest BCUT2D eigenvalue weighted by Crippen LogP contribution is -2.04. The summed E-state index contributed by atoms with van der Waals surface area (Å²) in [7, 11) is 1.49. The van der Waals surface area contributed by atoms with Crippen molar-refractivity contribution in [1.29, 1.82) is 0 Å². The molecule has 25 heavy (non-hydrogen) atoms. The van der Waals surface area contributed by atoms with Crippen molar-refractivity contribution in [3.8, 4) is 11.5 Å². The Balaban J connectivity index is 2.12. The Morgan fingerprint density at radius 1 is 1.32 bits per heavy atom. The van der Waals surface area contributed by atoms with Crippen LogP contribution < -0.4 is 4.74 Å². The van der Waals surface area contributed by atoms with E-state index in [9.17, 15) is 15.2 Å². The maximum atomic E-state index is 10.6. The molecule has 2 rings (SSSR count). The summed E-state index contributed by atoms with van der Waals surface area (Å²) in [4.78, 5) is 15.6. The molecule has 0 fully saturated rings. The quantitative estimate of drug-likeness (QED) is 0.291. The molecule has 0 aliphatic carbocycles. The lowest BCUT2D eigenvalue weighted by atomic mass is 10.1. The number of halogens is 1. The van der Waals surface area contributed by atoms with Crippen LogP contribution in [0.2, 0.25) is 0 Å². The van der Waals surface area contributed by atoms with Gasteiger partial charge in [-0.25, -0.2) is 0 Å². The molecule has 7 nitrogen and oxygen atoms in total. The number of nitro groups is 1. The van der Waals surface area contributed by atoms with Crippen molar-refractivity contribution in [1.82, 2.24) is 0 Å². The van der Waals surface area contributed by atoms with Crippen LogP contribution in [0.5, 0.6) is 11.5 Å². The minimum atomic E-state index is -0.448. The van der Waals surface area contributed by atoms with Crippen molar-refractivity contribution in [2.75, 3.05) is 7.11 Å². The van der Waals surface area contributed by atoms with Crippen LogP contribution in [-0.4, -0.2) is 22.9 Å². The van der Waals surface area contributed by atoms with E-state index < -0.39 is 4.92 Å². The van der Waals surface area contributed by atoms with E-state index in [1.54, 1.807) is 24.3 Å². The van der Waals surface area contributed by atoms with Gasteiger partial charge in [-0.15, -0.1) is 0 Å². The molecule has 0 spiro atoms. The van der Waals surface area contributed by atoms with Gasteiger partial charge in [0.15, 0.2) is 11.5 Å². The fourth-order valence-corrected chi connectivity index (χ4v) is 2.88. The molecule has 0 heterocycles. The molecule has 0 aromatic heterocycles. The highest BCUT2D eigenvalue weighted by molar-refractivity contribution is 14.1. The molecule has 2 aromatic rings. The number of nitrogens with zero attached hydrogens (tertiary/aromatic N) is 2. The Hall–Kier alpha value is -2.36. The fourth-order valence-electron chi connectivity index (χ4n) is 2.13. The predicted molar refractivity (Wildman–Crippen MR) is 102 cm³/mol. The Kier molecular flexibility index (Phi) is 6.57. The molecular weight excluding hydrogens is 439 g/mol. The number of hydrogen-bond donors (Lipinski definition) is 1. The Morgan fingerprint density at radius 2 is 2.00 bits per heavy atom. The highest BCUT2D eigenvalue weighted by Gasteiger charge is 2.13. The third-order valence-electron chi connectivity index (χ3n) is 3.47. The van der Waals surface area contributed by atoms with Crippen molar-refractivity contribution in [2.45, 2.75) is 20.0 Å². The highest BCUT2D eigenvalue weighted by Crippen LogP contribution is 2.31. The molecule has 0 aliphatic heterocycles. The maximum absolute atomic E-state index is 10.6. The fraction of sp³-hybridized carbons (Fsp3) is 0.235. The van der Waals surface area contributed by atoms with E-state index in [1.165, 1.54) is 19.2 Å². The summed E-state index contributed by atoms with van der Waals surface area (Å²) in [5, 5.41) is 24.7. The molecule has 132 valence electrons. The van der Waals surface area contributed by atoms with Crippen molar-refractivity contribution in [3.63, 3.8) is 0 Å². The molecule has 0 bridgehead atoms. The predicted octanol–water partition coefficient (Wildman–Crippen LogP) is 4.24. The Morgan fingerprint density at radius 3 is 2.56 bits per heavy atom. The van der Waals surface area contributed by atoms with E-state index in [0.29, 0.717) is 17.9 Å². The monoisotopic (exact) mass is 456 g/mol. The van der Waals surface area contributed by atoms with Crippen LogP contribution in [0.1, 0.15) is 24.5 Å². The number of methoxy groups -OCH3 is 1. The first-order chi connectivity index (χ1) is 12.0. The van der Waals surface area contributed by atoms with Gasteiger partial charge in [-0.05, 0) is 58.8 Å². The summed E-state index contributed by atoms with van der Waals surface area (Å²) in [6.07, 6.45) is 0.613. The number of rotatable bonds is 7. The summed E-state index contributed by atoms with van der Waals surface area (Å²) in [5.74, 6) is 0.435. The molecule has 0 atom stereocenters. The third-order valence-corrected chi connectivity index (χ3v) is 4.36. The number of hydrogen-bond acceptors (Lipinski definition) is 6.